The summed E-state index contributed by atoms with van der Waals surface area (Å²) < 4.78 is 0. The van der Waals surface area contributed by atoms with E-state index < -0.39 is 0 Å². The van der Waals surface area contributed by atoms with Crippen molar-refractivity contribution in [2.24, 2.45) is 0 Å². The number of rotatable bonds is 11. The first-order valence-corrected chi connectivity index (χ1v) is 8.13. The van der Waals surface area contributed by atoms with Gasteiger partial charge >= 0.3 is 0 Å². The number of amides is 1. The number of nitrogens with zero attached hydrogens (tertiary/aromatic N) is 1. The summed E-state index contributed by atoms with van der Waals surface area (Å²) in [5.74, 6) is 0.204. The number of carbonyl (C=O) groups excluding carboxylic acids is 2. The number of carbonyl (C=O) groups is 2. The van der Waals surface area contributed by atoms with Crippen molar-refractivity contribution < 1.29 is 14.7 Å². The van der Waals surface area contributed by atoms with Crippen LogP contribution in [0, 0.1) is 0 Å². The fourth-order valence-corrected chi connectivity index (χ4v) is 2.69. The molecule has 116 valence electrons. The lowest BCUT2D eigenvalue weighted by molar-refractivity contribution is -0.130. The van der Waals surface area contributed by atoms with Crippen molar-refractivity contribution in [3.63, 3.8) is 0 Å². The molecule has 1 unspecified atom stereocenters. The first kappa shape index (κ1) is 17.2. The van der Waals surface area contributed by atoms with Crippen LogP contribution in [0.4, 0.5) is 0 Å². The second-order valence-corrected chi connectivity index (χ2v) is 5.82. The lowest BCUT2D eigenvalue weighted by Crippen LogP contribution is -2.29. The standard InChI is InChI=1S/C16H29NO3/c18-13-9-7-5-3-1-2-4-6-8-10-16(20)17-12-11-15(19)14-17/h13,15,19H,1-12,14H2. The van der Waals surface area contributed by atoms with Gasteiger partial charge in [-0.2, -0.15) is 0 Å². The minimum Gasteiger partial charge on any atom is -0.391 e. The highest BCUT2D eigenvalue weighted by atomic mass is 16.3. The van der Waals surface area contributed by atoms with E-state index >= 15 is 0 Å². The number of aliphatic hydroxyl groups excluding tert-OH is 1. The zero-order chi connectivity index (χ0) is 14.6. The van der Waals surface area contributed by atoms with Gasteiger partial charge in [-0.15, -0.1) is 0 Å². The normalized spacial score (nSPS) is 18.4. The maximum Gasteiger partial charge on any atom is 0.222 e. The molecule has 0 aromatic heterocycles. The molecule has 1 amide bonds. The molecule has 1 fully saturated rings. The molecule has 1 rings (SSSR count). The zero-order valence-electron chi connectivity index (χ0n) is 12.6. The molecule has 0 aliphatic carbocycles. The highest BCUT2D eigenvalue weighted by Gasteiger charge is 2.23. The Morgan fingerprint density at radius 2 is 1.65 bits per heavy atom. The van der Waals surface area contributed by atoms with Gasteiger partial charge in [-0.3, -0.25) is 4.79 Å². The van der Waals surface area contributed by atoms with Crippen LogP contribution in [0.15, 0.2) is 0 Å². The molecule has 0 aromatic rings. The maximum absolute atomic E-state index is 11.8. The summed E-state index contributed by atoms with van der Waals surface area (Å²) in [7, 11) is 0. The summed E-state index contributed by atoms with van der Waals surface area (Å²) in [4.78, 5) is 23.7. The molecule has 0 spiro atoms. The molecule has 0 bridgehead atoms. The minimum absolute atomic E-state index is 0.204. The highest BCUT2D eigenvalue weighted by Crippen LogP contribution is 2.14. The molecular weight excluding hydrogens is 254 g/mol. The monoisotopic (exact) mass is 283 g/mol. The molecule has 20 heavy (non-hydrogen) atoms. The summed E-state index contributed by atoms with van der Waals surface area (Å²) in [6.45, 7) is 1.25. The Labute approximate surface area is 122 Å². The van der Waals surface area contributed by atoms with Gasteiger partial charge in [0.25, 0.3) is 0 Å². The third-order valence-corrected chi connectivity index (χ3v) is 3.98. The minimum atomic E-state index is -0.307. The van der Waals surface area contributed by atoms with Crippen LogP contribution < -0.4 is 0 Å². The molecule has 1 saturated heterocycles. The van der Waals surface area contributed by atoms with Crippen LogP contribution in [-0.4, -0.2) is 41.4 Å². The number of unbranched alkanes of at least 4 members (excludes halogenated alkanes) is 8. The molecule has 0 radical (unpaired) electrons. The average Bonchev–Trinajstić information content (AvgIpc) is 2.87. The number of aldehydes is 1. The Hall–Kier alpha value is -0.900. The lowest BCUT2D eigenvalue weighted by Gasteiger charge is -2.15. The Morgan fingerprint density at radius 1 is 1.05 bits per heavy atom. The van der Waals surface area contributed by atoms with E-state index in [1.807, 2.05) is 0 Å². The van der Waals surface area contributed by atoms with E-state index in [1.165, 1.54) is 25.7 Å². The Kier molecular flexibility index (Phi) is 9.29. The van der Waals surface area contributed by atoms with Crippen LogP contribution in [0.3, 0.4) is 0 Å². The maximum atomic E-state index is 11.8. The van der Waals surface area contributed by atoms with Crippen molar-refractivity contribution in [1.82, 2.24) is 4.90 Å². The van der Waals surface area contributed by atoms with E-state index in [-0.39, 0.29) is 12.0 Å². The van der Waals surface area contributed by atoms with Crippen molar-refractivity contribution in [3.8, 4) is 0 Å². The van der Waals surface area contributed by atoms with Crippen molar-refractivity contribution >= 4 is 12.2 Å². The smallest absolute Gasteiger partial charge is 0.222 e. The van der Waals surface area contributed by atoms with E-state index in [0.29, 0.717) is 19.4 Å². The number of hydrogen-bond acceptors (Lipinski definition) is 3. The summed E-state index contributed by atoms with van der Waals surface area (Å²) in [5, 5.41) is 9.38. The van der Waals surface area contributed by atoms with Crippen LogP contribution in [0.5, 0.6) is 0 Å². The van der Waals surface area contributed by atoms with Gasteiger partial charge in [0.2, 0.25) is 5.91 Å². The van der Waals surface area contributed by atoms with E-state index in [9.17, 15) is 14.7 Å². The SMILES string of the molecule is O=CCCCCCCCCCCC(=O)N1CCC(O)C1. The van der Waals surface area contributed by atoms with Crippen molar-refractivity contribution in [2.75, 3.05) is 13.1 Å². The molecular formula is C16H29NO3. The number of hydrogen-bond donors (Lipinski definition) is 1. The van der Waals surface area contributed by atoms with Gasteiger partial charge in [-0.25, -0.2) is 0 Å². The van der Waals surface area contributed by atoms with Gasteiger partial charge in [-0.1, -0.05) is 38.5 Å². The fraction of sp³-hybridized carbons (Fsp3) is 0.875. The predicted molar refractivity (Wildman–Crippen MR) is 79.4 cm³/mol. The second kappa shape index (κ2) is 10.8. The molecule has 1 N–H and O–H groups in total. The molecule has 4 nitrogen and oxygen atoms in total. The highest BCUT2D eigenvalue weighted by molar-refractivity contribution is 5.76. The van der Waals surface area contributed by atoms with E-state index in [2.05, 4.69) is 0 Å². The topological polar surface area (TPSA) is 57.6 Å². The molecule has 1 heterocycles. The molecule has 0 saturated carbocycles. The fourth-order valence-electron chi connectivity index (χ4n) is 2.69. The van der Waals surface area contributed by atoms with Gasteiger partial charge in [-0.05, 0) is 19.3 Å². The van der Waals surface area contributed by atoms with Gasteiger partial charge < -0.3 is 14.8 Å². The summed E-state index contributed by atoms with van der Waals surface area (Å²) in [5.41, 5.74) is 0. The van der Waals surface area contributed by atoms with Crippen LogP contribution in [0.25, 0.3) is 0 Å². The third kappa shape index (κ3) is 7.63. The number of likely N-dealkylation sites (tertiary alicyclic amines) is 1. The molecule has 4 heteroatoms. The Morgan fingerprint density at radius 3 is 2.20 bits per heavy atom. The van der Waals surface area contributed by atoms with Crippen LogP contribution >= 0.6 is 0 Å². The summed E-state index contributed by atoms with van der Waals surface area (Å²) in [6.07, 6.45) is 11.9. The number of aliphatic hydroxyl groups is 1. The van der Waals surface area contributed by atoms with Crippen LogP contribution in [0.1, 0.15) is 70.6 Å². The zero-order valence-corrected chi connectivity index (χ0v) is 12.6. The van der Waals surface area contributed by atoms with Gasteiger partial charge in [0.1, 0.15) is 6.29 Å². The number of β-amino-alcohol motifs (C(OH)–C–C–N with tert-alkyl or cyclic N) is 1. The second-order valence-electron chi connectivity index (χ2n) is 5.82. The first-order chi connectivity index (χ1) is 9.74. The molecule has 1 aliphatic heterocycles. The third-order valence-electron chi connectivity index (χ3n) is 3.98. The van der Waals surface area contributed by atoms with E-state index in [1.54, 1.807) is 4.90 Å². The lowest BCUT2D eigenvalue weighted by atomic mass is 10.1. The van der Waals surface area contributed by atoms with E-state index in [0.717, 1.165) is 44.9 Å². The largest absolute Gasteiger partial charge is 0.391 e. The van der Waals surface area contributed by atoms with E-state index in [4.69, 9.17) is 0 Å². The van der Waals surface area contributed by atoms with Crippen molar-refractivity contribution in [1.29, 1.82) is 0 Å². The quantitative estimate of drug-likeness (QED) is 0.468. The van der Waals surface area contributed by atoms with Gasteiger partial charge in [0, 0.05) is 25.9 Å². The van der Waals surface area contributed by atoms with Gasteiger partial charge in [0.15, 0.2) is 0 Å². The molecule has 1 atom stereocenters. The van der Waals surface area contributed by atoms with Crippen LogP contribution in [0.2, 0.25) is 0 Å². The first-order valence-electron chi connectivity index (χ1n) is 8.13. The molecule has 0 aromatic carbocycles. The Balaban J connectivity index is 1.84. The van der Waals surface area contributed by atoms with Crippen LogP contribution in [-0.2, 0) is 9.59 Å². The Bertz CT molecular complexity index is 281. The molecule has 1 aliphatic rings. The van der Waals surface area contributed by atoms with Crippen molar-refractivity contribution in [3.05, 3.63) is 0 Å². The van der Waals surface area contributed by atoms with Gasteiger partial charge in [0.05, 0.1) is 6.10 Å². The average molecular weight is 283 g/mol. The predicted octanol–water partition coefficient (Wildman–Crippen LogP) is 2.68. The summed E-state index contributed by atoms with van der Waals surface area (Å²) in [6, 6.07) is 0. The summed E-state index contributed by atoms with van der Waals surface area (Å²) >= 11 is 0. The van der Waals surface area contributed by atoms with Crippen molar-refractivity contribution in [2.45, 2.75) is 76.7 Å².